The number of hydrogen-bond acceptors (Lipinski definition) is 4. The summed E-state index contributed by atoms with van der Waals surface area (Å²) in [6, 6.07) is 4.19. The number of carbonyl (C=O) groups excluding carboxylic acids is 1. The van der Waals surface area contributed by atoms with Gasteiger partial charge in [-0.1, -0.05) is 12.1 Å². The summed E-state index contributed by atoms with van der Waals surface area (Å²) < 4.78 is 5.12. The predicted molar refractivity (Wildman–Crippen MR) is 82.9 cm³/mol. The zero-order chi connectivity index (χ0) is 14.8. The molecule has 0 radical (unpaired) electrons. The number of rotatable bonds is 3. The van der Waals surface area contributed by atoms with Crippen molar-refractivity contribution in [2.24, 2.45) is 5.73 Å². The van der Waals surface area contributed by atoms with Gasteiger partial charge in [0.15, 0.2) is 0 Å². The van der Waals surface area contributed by atoms with Gasteiger partial charge in [-0.15, -0.1) is 11.3 Å². The van der Waals surface area contributed by atoms with E-state index in [4.69, 9.17) is 10.5 Å². The van der Waals surface area contributed by atoms with Gasteiger partial charge in [-0.2, -0.15) is 0 Å². The number of nitrogens with one attached hydrogen (secondary N) is 1. The number of hydrogen-bond donors (Lipinski definition) is 2. The van der Waals surface area contributed by atoms with E-state index in [1.54, 1.807) is 23.3 Å². The molecule has 0 bridgehead atoms. The smallest absolute Gasteiger partial charge is 0.321 e. The van der Waals surface area contributed by atoms with Gasteiger partial charge in [-0.3, -0.25) is 0 Å². The Hall–Kier alpha value is -1.79. The van der Waals surface area contributed by atoms with Gasteiger partial charge in [0.05, 0.1) is 25.0 Å². The van der Waals surface area contributed by atoms with E-state index in [0.717, 1.165) is 12.1 Å². The fraction of sp³-hybridized carbons (Fsp3) is 0.400. The van der Waals surface area contributed by atoms with E-state index < -0.39 is 0 Å². The van der Waals surface area contributed by atoms with Crippen LogP contribution in [0.3, 0.4) is 0 Å². The van der Waals surface area contributed by atoms with Gasteiger partial charge in [-0.05, 0) is 17.5 Å². The second kappa shape index (κ2) is 5.91. The number of nitrogens with zero attached hydrogens (tertiary/aromatic N) is 1. The third kappa shape index (κ3) is 2.96. The average Bonchev–Trinajstić information content (AvgIpc) is 2.93. The highest BCUT2D eigenvalue weighted by atomic mass is 32.1. The van der Waals surface area contributed by atoms with Gasteiger partial charge >= 0.3 is 6.03 Å². The fourth-order valence-electron chi connectivity index (χ4n) is 2.38. The predicted octanol–water partition coefficient (Wildman–Crippen LogP) is 2.00. The first-order valence-corrected chi connectivity index (χ1v) is 7.85. The zero-order valence-electron chi connectivity index (χ0n) is 11.9. The van der Waals surface area contributed by atoms with Gasteiger partial charge in [0.1, 0.15) is 0 Å². The molecule has 1 saturated heterocycles. The molecule has 3 N–H and O–H groups in total. The second-order valence-electron chi connectivity index (χ2n) is 5.35. The molecule has 1 aliphatic heterocycles. The lowest BCUT2D eigenvalue weighted by Gasteiger charge is -2.35. The Balaban J connectivity index is 1.66. The van der Waals surface area contributed by atoms with Crippen molar-refractivity contribution in [1.29, 1.82) is 0 Å². The first kappa shape index (κ1) is 14.2. The van der Waals surface area contributed by atoms with Crippen molar-refractivity contribution < 1.29 is 9.53 Å². The molecule has 3 rings (SSSR count). The first-order valence-electron chi connectivity index (χ1n) is 6.97. The molecule has 2 amide bonds. The molecule has 0 aromatic carbocycles. The van der Waals surface area contributed by atoms with E-state index in [-0.39, 0.29) is 18.0 Å². The molecular formula is C15H19N3O2S. The molecule has 6 heteroatoms. The van der Waals surface area contributed by atoms with E-state index >= 15 is 0 Å². The molecule has 21 heavy (non-hydrogen) atoms. The van der Waals surface area contributed by atoms with Crippen LogP contribution >= 0.6 is 11.3 Å². The van der Waals surface area contributed by atoms with Crippen LogP contribution in [0.4, 0.5) is 4.79 Å². The Bertz CT molecular complexity index is 576. The molecule has 1 unspecified atom stereocenters. The second-order valence-corrected chi connectivity index (χ2v) is 6.33. The van der Waals surface area contributed by atoms with Crippen molar-refractivity contribution in [3.8, 4) is 0 Å². The van der Waals surface area contributed by atoms with Crippen molar-refractivity contribution in [1.82, 2.24) is 10.2 Å². The number of ether oxygens (including phenoxy) is 1. The van der Waals surface area contributed by atoms with Crippen molar-refractivity contribution in [2.45, 2.75) is 18.4 Å². The molecule has 1 aromatic rings. The van der Waals surface area contributed by atoms with E-state index in [0.29, 0.717) is 18.9 Å². The van der Waals surface area contributed by atoms with E-state index in [1.807, 2.05) is 12.1 Å². The SMILES string of the molecule is CN(C(=O)NC1=C(N)C=CC(c2cccs2)C1)C1COC1. The number of likely N-dealkylation sites (N-methyl/N-ethyl adjacent to an activating group) is 1. The van der Waals surface area contributed by atoms with Crippen LogP contribution in [0.2, 0.25) is 0 Å². The Morgan fingerprint density at radius 1 is 1.52 bits per heavy atom. The molecule has 1 aliphatic carbocycles. The maximum atomic E-state index is 12.2. The molecule has 2 heterocycles. The Morgan fingerprint density at radius 2 is 2.33 bits per heavy atom. The molecule has 2 aliphatic rings. The minimum atomic E-state index is -0.124. The summed E-state index contributed by atoms with van der Waals surface area (Å²) in [5.41, 5.74) is 7.44. The quantitative estimate of drug-likeness (QED) is 0.897. The number of nitrogens with two attached hydrogens (primary N) is 1. The third-order valence-electron chi connectivity index (χ3n) is 3.94. The molecule has 1 fully saturated rings. The van der Waals surface area contributed by atoms with Crippen LogP contribution in [-0.4, -0.2) is 37.2 Å². The average molecular weight is 305 g/mol. The molecule has 112 valence electrons. The fourth-order valence-corrected chi connectivity index (χ4v) is 3.19. The minimum absolute atomic E-state index is 0.124. The lowest BCUT2D eigenvalue weighted by Crippen LogP contribution is -2.52. The van der Waals surface area contributed by atoms with Crippen molar-refractivity contribution in [3.05, 3.63) is 45.9 Å². The van der Waals surface area contributed by atoms with E-state index in [2.05, 4.69) is 22.8 Å². The van der Waals surface area contributed by atoms with Crippen LogP contribution in [-0.2, 0) is 4.74 Å². The largest absolute Gasteiger partial charge is 0.397 e. The highest BCUT2D eigenvalue weighted by Gasteiger charge is 2.28. The molecular weight excluding hydrogens is 286 g/mol. The van der Waals surface area contributed by atoms with Crippen molar-refractivity contribution in [2.75, 3.05) is 20.3 Å². The molecule has 1 atom stereocenters. The number of allylic oxidation sites excluding steroid dienone is 3. The first-order chi connectivity index (χ1) is 10.1. The highest BCUT2D eigenvalue weighted by Crippen LogP contribution is 2.31. The van der Waals surface area contributed by atoms with Gasteiger partial charge < -0.3 is 20.7 Å². The molecule has 0 saturated carbocycles. The lowest BCUT2D eigenvalue weighted by molar-refractivity contribution is -0.0415. The molecule has 1 aromatic heterocycles. The highest BCUT2D eigenvalue weighted by molar-refractivity contribution is 7.10. The summed E-state index contributed by atoms with van der Waals surface area (Å²) in [5.74, 6) is 0.282. The minimum Gasteiger partial charge on any atom is -0.397 e. The summed E-state index contributed by atoms with van der Waals surface area (Å²) in [6.07, 6.45) is 4.71. The van der Waals surface area contributed by atoms with E-state index in [1.165, 1.54) is 4.88 Å². The van der Waals surface area contributed by atoms with Gasteiger partial charge in [0, 0.05) is 30.0 Å². The van der Waals surface area contributed by atoms with E-state index in [9.17, 15) is 4.79 Å². The Labute approximate surface area is 128 Å². The lowest BCUT2D eigenvalue weighted by atomic mass is 9.95. The van der Waals surface area contributed by atoms with Crippen LogP contribution in [0.25, 0.3) is 0 Å². The third-order valence-corrected chi connectivity index (χ3v) is 4.94. The summed E-state index contributed by atoms with van der Waals surface area (Å²) in [5, 5.41) is 5.01. The number of amides is 2. The van der Waals surface area contributed by atoms with Crippen LogP contribution < -0.4 is 11.1 Å². The standard InChI is InChI=1S/C15H19N3O2S/c1-18(11-8-20-9-11)15(19)17-13-7-10(4-5-12(13)16)14-3-2-6-21-14/h2-6,10-11H,7-9,16H2,1H3,(H,17,19). The normalized spacial score (nSPS) is 22.0. The molecule has 0 spiro atoms. The number of thiophene rings is 1. The summed E-state index contributed by atoms with van der Waals surface area (Å²) >= 11 is 1.72. The number of carbonyl (C=O) groups is 1. The van der Waals surface area contributed by atoms with Crippen molar-refractivity contribution in [3.63, 3.8) is 0 Å². The topological polar surface area (TPSA) is 67.6 Å². The van der Waals surface area contributed by atoms with Crippen molar-refractivity contribution >= 4 is 17.4 Å². The summed E-state index contributed by atoms with van der Waals surface area (Å²) in [7, 11) is 1.79. The van der Waals surface area contributed by atoms with Crippen LogP contribution in [0.15, 0.2) is 41.1 Å². The molecule has 5 nitrogen and oxygen atoms in total. The monoisotopic (exact) mass is 305 g/mol. The Morgan fingerprint density at radius 3 is 2.95 bits per heavy atom. The van der Waals surface area contributed by atoms with Crippen LogP contribution in [0.1, 0.15) is 17.2 Å². The zero-order valence-corrected chi connectivity index (χ0v) is 12.7. The maximum absolute atomic E-state index is 12.2. The van der Waals surface area contributed by atoms with Crippen LogP contribution in [0, 0.1) is 0 Å². The van der Waals surface area contributed by atoms with Gasteiger partial charge in [0.2, 0.25) is 0 Å². The summed E-state index contributed by atoms with van der Waals surface area (Å²) in [6.45, 7) is 1.21. The van der Waals surface area contributed by atoms with Gasteiger partial charge in [-0.25, -0.2) is 4.79 Å². The Kier molecular flexibility index (Phi) is 3.98. The number of urea groups is 1. The summed E-state index contributed by atoms with van der Waals surface area (Å²) in [4.78, 5) is 15.2. The van der Waals surface area contributed by atoms with Gasteiger partial charge in [0.25, 0.3) is 0 Å². The van der Waals surface area contributed by atoms with Crippen LogP contribution in [0.5, 0.6) is 0 Å². The maximum Gasteiger partial charge on any atom is 0.321 e.